The van der Waals surface area contributed by atoms with E-state index in [4.69, 9.17) is 0 Å². The molecule has 0 spiro atoms. The minimum absolute atomic E-state index is 0.0703. The summed E-state index contributed by atoms with van der Waals surface area (Å²) in [6, 6.07) is 21.2. The molecule has 0 bridgehead atoms. The van der Waals surface area contributed by atoms with Crippen molar-refractivity contribution in [3.63, 3.8) is 0 Å². The number of aryl methyl sites for hydroxylation is 1. The zero-order chi connectivity index (χ0) is 24.4. The molecule has 0 aliphatic heterocycles. The number of halogens is 1. The summed E-state index contributed by atoms with van der Waals surface area (Å²) in [6.45, 7) is 2.30. The van der Waals surface area contributed by atoms with Crippen LogP contribution in [0.25, 0.3) is 16.9 Å². The van der Waals surface area contributed by atoms with Crippen molar-refractivity contribution in [3.8, 4) is 16.9 Å². The van der Waals surface area contributed by atoms with Crippen LogP contribution < -0.4 is 10.6 Å². The van der Waals surface area contributed by atoms with Crippen LogP contribution in [0.5, 0.6) is 0 Å². The summed E-state index contributed by atoms with van der Waals surface area (Å²) >= 11 is 0. The molecule has 1 aromatic heterocycles. The van der Waals surface area contributed by atoms with Crippen LogP contribution in [0.15, 0.2) is 79.0 Å². The number of aromatic nitrogens is 2. The topological polar surface area (TPSA) is 76.0 Å². The van der Waals surface area contributed by atoms with Gasteiger partial charge in [0.25, 0.3) is 11.8 Å². The highest BCUT2D eigenvalue weighted by atomic mass is 19.1. The molecule has 5 rings (SSSR count). The van der Waals surface area contributed by atoms with Gasteiger partial charge in [-0.2, -0.15) is 5.10 Å². The molecule has 3 aromatic carbocycles. The van der Waals surface area contributed by atoms with Crippen LogP contribution in [0.1, 0.15) is 44.7 Å². The molecule has 0 saturated heterocycles. The fourth-order valence-corrected chi connectivity index (χ4v) is 3.74. The van der Waals surface area contributed by atoms with Gasteiger partial charge in [-0.3, -0.25) is 9.59 Å². The smallest absolute Gasteiger partial charge is 0.255 e. The summed E-state index contributed by atoms with van der Waals surface area (Å²) in [5.74, 6) is -0.683. The molecular formula is C28H25FN4O2. The molecule has 4 aromatic rings. The molecule has 176 valence electrons. The number of carbonyl (C=O) groups excluding carboxylic acids is 2. The van der Waals surface area contributed by atoms with Gasteiger partial charge in [0.15, 0.2) is 0 Å². The highest BCUT2D eigenvalue weighted by Crippen LogP contribution is 2.25. The number of nitrogens with one attached hydrogen (secondary N) is 2. The summed E-state index contributed by atoms with van der Waals surface area (Å²) in [5.41, 5.74) is 5.01. The van der Waals surface area contributed by atoms with E-state index in [1.54, 1.807) is 35.1 Å². The third-order valence-corrected chi connectivity index (χ3v) is 5.96. The Hall–Kier alpha value is -4.26. The second-order valence-corrected chi connectivity index (χ2v) is 8.81. The third-order valence-electron chi connectivity index (χ3n) is 5.96. The number of nitrogens with zero attached hydrogens (tertiary/aromatic N) is 2. The Kier molecular flexibility index (Phi) is 6.14. The summed E-state index contributed by atoms with van der Waals surface area (Å²) < 4.78 is 15.0. The Balaban J connectivity index is 1.35. The average molecular weight is 469 g/mol. The molecule has 1 fully saturated rings. The number of benzene rings is 3. The molecule has 0 unspecified atom stereocenters. The molecule has 1 aliphatic carbocycles. The maximum Gasteiger partial charge on any atom is 0.255 e. The highest BCUT2D eigenvalue weighted by molar-refractivity contribution is 6.00. The van der Waals surface area contributed by atoms with E-state index in [1.165, 1.54) is 12.1 Å². The standard InChI is InChI=1S/C28H25FN4O2/c1-18-2-6-20(7-3-18)26-25(17-33(32-26)24-14-10-22(29)11-15-24)28(35)30-16-19-4-8-21(9-5-19)27(34)31-23-12-13-23/h2-11,14-15,17,23H,12-13,16H2,1H3,(H,30,35)(H,31,34). The summed E-state index contributed by atoms with van der Waals surface area (Å²) in [5, 5.41) is 10.6. The van der Waals surface area contributed by atoms with Gasteiger partial charge in [-0.05, 0) is 61.7 Å². The largest absolute Gasteiger partial charge is 0.349 e. The first-order chi connectivity index (χ1) is 17.0. The van der Waals surface area contributed by atoms with E-state index >= 15 is 0 Å². The van der Waals surface area contributed by atoms with Gasteiger partial charge in [-0.1, -0.05) is 42.0 Å². The lowest BCUT2D eigenvalue weighted by Gasteiger charge is -2.07. The highest BCUT2D eigenvalue weighted by Gasteiger charge is 2.23. The first-order valence-corrected chi connectivity index (χ1v) is 11.6. The number of rotatable bonds is 7. The van der Waals surface area contributed by atoms with Crippen molar-refractivity contribution < 1.29 is 14.0 Å². The Labute approximate surface area is 202 Å². The first-order valence-electron chi connectivity index (χ1n) is 11.6. The predicted molar refractivity (Wildman–Crippen MR) is 132 cm³/mol. The molecule has 6 nitrogen and oxygen atoms in total. The van der Waals surface area contributed by atoms with E-state index in [2.05, 4.69) is 15.7 Å². The Morgan fingerprint density at radius 2 is 1.63 bits per heavy atom. The molecule has 7 heteroatoms. The van der Waals surface area contributed by atoms with E-state index in [-0.39, 0.29) is 17.6 Å². The fraction of sp³-hybridized carbons (Fsp3) is 0.179. The van der Waals surface area contributed by atoms with Crippen LogP contribution in [0.3, 0.4) is 0 Å². The SMILES string of the molecule is Cc1ccc(-c2nn(-c3ccc(F)cc3)cc2C(=O)NCc2ccc(C(=O)NC3CC3)cc2)cc1. The minimum atomic E-state index is -0.339. The normalized spacial score (nSPS) is 12.9. The average Bonchev–Trinajstić information content (AvgIpc) is 3.58. The van der Waals surface area contributed by atoms with Gasteiger partial charge >= 0.3 is 0 Å². The van der Waals surface area contributed by atoms with Crippen LogP contribution in [-0.2, 0) is 6.54 Å². The van der Waals surface area contributed by atoms with E-state index < -0.39 is 0 Å². The molecular weight excluding hydrogens is 443 g/mol. The van der Waals surface area contributed by atoms with Crippen molar-refractivity contribution in [1.29, 1.82) is 0 Å². The second kappa shape index (κ2) is 9.54. The van der Waals surface area contributed by atoms with Crippen LogP contribution in [0, 0.1) is 12.7 Å². The number of amides is 2. The molecule has 35 heavy (non-hydrogen) atoms. The fourth-order valence-electron chi connectivity index (χ4n) is 3.74. The van der Waals surface area contributed by atoms with E-state index in [1.807, 2.05) is 43.3 Å². The second-order valence-electron chi connectivity index (χ2n) is 8.81. The van der Waals surface area contributed by atoms with Crippen molar-refractivity contribution in [2.75, 3.05) is 0 Å². The number of hydrogen-bond acceptors (Lipinski definition) is 3. The van der Waals surface area contributed by atoms with E-state index in [0.717, 1.165) is 29.5 Å². The van der Waals surface area contributed by atoms with Gasteiger partial charge in [-0.15, -0.1) is 0 Å². The van der Waals surface area contributed by atoms with Crippen molar-refractivity contribution >= 4 is 11.8 Å². The number of carbonyl (C=O) groups is 2. The van der Waals surface area contributed by atoms with Crippen LogP contribution in [0.2, 0.25) is 0 Å². The molecule has 1 heterocycles. The van der Waals surface area contributed by atoms with Crippen LogP contribution >= 0.6 is 0 Å². The van der Waals surface area contributed by atoms with E-state index in [0.29, 0.717) is 35.1 Å². The Morgan fingerprint density at radius 3 is 2.29 bits per heavy atom. The lowest BCUT2D eigenvalue weighted by atomic mass is 10.1. The van der Waals surface area contributed by atoms with Gasteiger partial charge in [0.2, 0.25) is 0 Å². The zero-order valence-electron chi connectivity index (χ0n) is 19.3. The summed E-state index contributed by atoms with van der Waals surface area (Å²) in [4.78, 5) is 25.4. The van der Waals surface area contributed by atoms with Gasteiger partial charge in [0.05, 0.1) is 11.3 Å². The third kappa shape index (κ3) is 5.30. The molecule has 1 saturated carbocycles. The van der Waals surface area contributed by atoms with Crippen LogP contribution in [0.4, 0.5) is 4.39 Å². The quantitative estimate of drug-likeness (QED) is 0.409. The number of hydrogen-bond donors (Lipinski definition) is 2. The lowest BCUT2D eigenvalue weighted by molar-refractivity contribution is 0.0942. The molecule has 2 amide bonds. The van der Waals surface area contributed by atoms with Crippen molar-refractivity contribution in [1.82, 2.24) is 20.4 Å². The monoisotopic (exact) mass is 468 g/mol. The van der Waals surface area contributed by atoms with Crippen LogP contribution in [-0.4, -0.2) is 27.6 Å². The summed E-state index contributed by atoms with van der Waals surface area (Å²) in [7, 11) is 0. The van der Waals surface area contributed by atoms with Crippen molar-refractivity contribution in [2.24, 2.45) is 0 Å². The molecule has 2 N–H and O–H groups in total. The zero-order valence-corrected chi connectivity index (χ0v) is 19.3. The Bertz CT molecular complexity index is 1360. The summed E-state index contributed by atoms with van der Waals surface area (Å²) in [6.07, 6.45) is 3.74. The Morgan fingerprint density at radius 1 is 0.943 bits per heavy atom. The van der Waals surface area contributed by atoms with Crippen molar-refractivity contribution in [3.05, 3.63) is 107 Å². The van der Waals surface area contributed by atoms with Gasteiger partial charge in [0.1, 0.15) is 11.5 Å². The maximum atomic E-state index is 13.4. The maximum absolute atomic E-state index is 13.4. The predicted octanol–water partition coefficient (Wildman–Crippen LogP) is 4.81. The minimum Gasteiger partial charge on any atom is -0.349 e. The van der Waals surface area contributed by atoms with Gasteiger partial charge < -0.3 is 10.6 Å². The van der Waals surface area contributed by atoms with Gasteiger partial charge in [0, 0.05) is 29.9 Å². The molecule has 1 aliphatic rings. The first kappa shape index (κ1) is 22.5. The molecule has 0 radical (unpaired) electrons. The van der Waals surface area contributed by atoms with Gasteiger partial charge in [-0.25, -0.2) is 9.07 Å². The lowest BCUT2D eigenvalue weighted by Crippen LogP contribution is -2.25. The molecule has 0 atom stereocenters. The van der Waals surface area contributed by atoms with Crippen molar-refractivity contribution in [2.45, 2.75) is 32.4 Å². The van der Waals surface area contributed by atoms with E-state index in [9.17, 15) is 14.0 Å².